The van der Waals surface area contributed by atoms with Crippen LogP contribution in [0.3, 0.4) is 0 Å². The van der Waals surface area contributed by atoms with E-state index in [1.165, 1.54) is 12.1 Å². The van der Waals surface area contributed by atoms with Gasteiger partial charge in [0.25, 0.3) is 11.2 Å². The van der Waals surface area contributed by atoms with E-state index >= 15 is 0 Å². The van der Waals surface area contributed by atoms with Gasteiger partial charge in [-0.1, -0.05) is 0 Å². The minimum atomic E-state index is -5.86. The maximum absolute atomic E-state index is 12.3. The summed E-state index contributed by atoms with van der Waals surface area (Å²) < 4.78 is 148. The first-order valence-corrected chi connectivity index (χ1v) is 7.87. The maximum Gasteiger partial charge on any atom is 2.00 e. The molecule has 0 aliphatic carbocycles. The molecule has 2 rings (SSSR count). The van der Waals surface area contributed by atoms with Crippen LogP contribution in [0.15, 0.2) is 48.5 Å². The van der Waals surface area contributed by atoms with Crippen LogP contribution in [0.4, 0.5) is 52.7 Å². The summed E-state index contributed by atoms with van der Waals surface area (Å²) in [6.45, 7) is 0. The van der Waals surface area contributed by atoms with Gasteiger partial charge in [0.05, 0.1) is 0 Å². The molecule has 0 aromatic heterocycles. The molecule has 2 nitrogen and oxygen atoms in total. The summed E-state index contributed by atoms with van der Waals surface area (Å²) in [7, 11) is 0. The summed E-state index contributed by atoms with van der Waals surface area (Å²) in [6, 6.07) is 10.5. The molecule has 0 aliphatic heterocycles. The molecule has 1 radical (unpaired) electrons. The molecule has 15 heteroatoms. The molecule has 0 saturated carbocycles. The average molecular weight is 550 g/mol. The first-order valence-electron chi connectivity index (χ1n) is 7.87. The number of benzene rings is 2. The molecular formula is C18H10CuF12O2. The SMILES string of the molecule is OC(c1[c-]cccc1)(C(F)(F)F)C(F)(F)F.OC(c1[c-]cccc1)(C(F)(F)F)C(F)(F)F.[Cu+2]. The second kappa shape index (κ2) is 10.1. The second-order valence-electron chi connectivity index (χ2n) is 5.96. The van der Waals surface area contributed by atoms with Crippen molar-refractivity contribution >= 4 is 0 Å². The zero-order valence-electron chi connectivity index (χ0n) is 15.4. The van der Waals surface area contributed by atoms with Gasteiger partial charge in [0.1, 0.15) is 0 Å². The molecule has 0 bridgehead atoms. The molecule has 0 atom stereocenters. The number of rotatable bonds is 2. The molecule has 0 spiro atoms. The second-order valence-corrected chi connectivity index (χ2v) is 5.96. The standard InChI is InChI=1S/2C9H5F6O.Cu/c2*10-8(11,12)7(16,9(13,14)15)6-4-2-1-3-5-6;/h2*1-4,16H;/q2*-1;+2. The molecule has 33 heavy (non-hydrogen) atoms. The van der Waals surface area contributed by atoms with Gasteiger partial charge < -0.3 is 10.2 Å². The fourth-order valence-electron chi connectivity index (χ4n) is 2.17. The van der Waals surface area contributed by atoms with Crippen LogP contribution in [0.25, 0.3) is 0 Å². The van der Waals surface area contributed by atoms with E-state index in [-0.39, 0.29) is 17.1 Å². The minimum Gasteiger partial charge on any atom is -0.371 e. The van der Waals surface area contributed by atoms with E-state index in [1.54, 1.807) is 12.1 Å². The smallest absolute Gasteiger partial charge is 0.371 e. The van der Waals surface area contributed by atoms with E-state index in [2.05, 4.69) is 0 Å². The zero-order valence-corrected chi connectivity index (χ0v) is 16.3. The van der Waals surface area contributed by atoms with Crippen molar-refractivity contribution in [2.24, 2.45) is 0 Å². The van der Waals surface area contributed by atoms with Crippen molar-refractivity contribution in [3.63, 3.8) is 0 Å². The summed E-state index contributed by atoms with van der Waals surface area (Å²) in [4.78, 5) is 0. The number of hydrogen-bond acceptors (Lipinski definition) is 2. The van der Waals surface area contributed by atoms with Crippen LogP contribution < -0.4 is 0 Å². The first kappa shape index (κ1) is 31.0. The van der Waals surface area contributed by atoms with Crippen molar-refractivity contribution in [1.82, 2.24) is 0 Å². The first-order chi connectivity index (χ1) is 14.2. The third-order valence-electron chi connectivity index (χ3n) is 3.84. The quantitative estimate of drug-likeness (QED) is 0.291. The summed E-state index contributed by atoms with van der Waals surface area (Å²) in [5.41, 5.74) is -12.5. The van der Waals surface area contributed by atoms with Gasteiger partial charge in [0.15, 0.2) is 0 Å². The molecule has 2 aromatic rings. The fourth-order valence-corrected chi connectivity index (χ4v) is 2.17. The van der Waals surface area contributed by atoms with Gasteiger partial charge in [-0.05, 0) is 0 Å². The van der Waals surface area contributed by atoms with Crippen molar-refractivity contribution < 1.29 is 80.0 Å². The van der Waals surface area contributed by atoms with Crippen LogP contribution in [0, 0.1) is 12.1 Å². The van der Waals surface area contributed by atoms with Crippen molar-refractivity contribution in [1.29, 1.82) is 0 Å². The minimum absolute atomic E-state index is 0. The Bertz CT molecular complexity index is 757. The Morgan fingerprint density at radius 1 is 0.485 bits per heavy atom. The number of halogens is 12. The maximum atomic E-state index is 12.3. The van der Waals surface area contributed by atoms with E-state index in [0.717, 1.165) is 24.3 Å². The Labute approximate surface area is 188 Å². The van der Waals surface area contributed by atoms with Crippen LogP contribution in [-0.2, 0) is 28.3 Å². The Hall–Kier alpha value is -1.96. The van der Waals surface area contributed by atoms with E-state index < -0.39 is 47.0 Å². The fraction of sp³-hybridized carbons (Fsp3) is 0.333. The van der Waals surface area contributed by atoms with Crippen LogP contribution in [-0.4, -0.2) is 34.9 Å². The van der Waals surface area contributed by atoms with Gasteiger partial charge in [-0.3, -0.25) is 0 Å². The molecule has 0 heterocycles. The van der Waals surface area contributed by atoms with Crippen LogP contribution in [0.1, 0.15) is 11.1 Å². The molecule has 2 N–H and O–H groups in total. The predicted molar refractivity (Wildman–Crippen MR) is 82.6 cm³/mol. The van der Waals surface area contributed by atoms with Gasteiger partial charge in [0, 0.05) is 0 Å². The third-order valence-corrected chi connectivity index (χ3v) is 3.84. The monoisotopic (exact) mass is 549 g/mol. The molecule has 0 saturated heterocycles. The molecule has 0 aliphatic rings. The van der Waals surface area contributed by atoms with E-state index in [9.17, 15) is 52.7 Å². The third kappa shape index (κ3) is 6.14. The van der Waals surface area contributed by atoms with E-state index in [4.69, 9.17) is 10.2 Å². The van der Waals surface area contributed by atoms with Crippen LogP contribution in [0.2, 0.25) is 0 Å². The summed E-state index contributed by atoms with van der Waals surface area (Å²) >= 11 is 0. The average Bonchev–Trinajstić information content (AvgIpc) is 2.65. The van der Waals surface area contributed by atoms with Crippen molar-refractivity contribution in [2.75, 3.05) is 0 Å². The van der Waals surface area contributed by atoms with Gasteiger partial charge in [-0.25, -0.2) is 0 Å². The van der Waals surface area contributed by atoms with Gasteiger partial charge >= 0.3 is 41.8 Å². The zero-order chi connectivity index (χ0) is 25.2. The molecule has 0 fully saturated rings. The Morgan fingerprint density at radius 2 is 0.727 bits per heavy atom. The Kier molecular flexibility index (Phi) is 9.52. The van der Waals surface area contributed by atoms with Crippen LogP contribution >= 0.6 is 0 Å². The number of hydrogen-bond donors (Lipinski definition) is 2. The van der Waals surface area contributed by atoms with E-state index in [0.29, 0.717) is 12.1 Å². The summed E-state index contributed by atoms with van der Waals surface area (Å²) in [5.74, 6) is 0. The predicted octanol–water partition coefficient (Wildman–Crippen LogP) is 5.60. The number of alkyl halides is 12. The Balaban J connectivity index is 0.000000602. The molecule has 0 unspecified atom stereocenters. The van der Waals surface area contributed by atoms with Crippen molar-refractivity contribution in [3.8, 4) is 0 Å². The topological polar surface area (TPSA) is 40.5 Å². The number of aliphatic hydroxyl groups is 2. The van der Waals surface area contributed by atoms with Crippen molar-refractivity contribution in [3.05, 3.63) is 71.8 Å². The van der Waals surface area contributed by atoms with Gasteiger partial charge in [-0.2, -0.15) is 113 Å². The molecule has 2 aromatic carbocycles. The molecule has 189 valence electrons. The molecular weight excluding hydrogens is 540 g/mol. The largest absolute Gasteiger partial charge is 2.00 e. The van der Waals surface area contributed by atoms with Gasteiger partial charge in [0.2, 0.25) is 0 Å². The van der Waals surface area contributed by atoms with Crippen molar-refractivity contribution in [2.45, 2.75) is 35.9 Å². The normalized spacial score (nSPS) is 13.5. The van der Waals surface area contributed by atoms with E-state index in [1.807, 2.05) is 0 Å². The summed E-state index contributed by atoms with van der Waals surface area (Å²) in [6.07, 6.45) is -23.4. The van der Waals surface area contributed by atoms with Crippen LogP contribution in [0.5, 0.6) is 0 Å². The van der Waals surface area contributed by atoms with Gasteiger partial charge in [-0.15, -0.1) is 11.1 Å². The molecule has 0 amide bonds. The Morgan fingerprint density at radius 3 is 0.879 bits per heavy atom. The summed E-state index contributed by atoms with van der Waals surface area (Å²) in [5, 5.41) is 17.7.